The fourth-order valence-electron chi connectivity index (χ4n) is 3.42. The third-order valence-electron chi connectivity index (χ3n) is 4.83. The molecule has 28 heavy (non-hydrogen) atoms. The van der Waals surface area contributed by atoms with E-state index in [-0.39, 0.29) is 18.9 Å². The smallest absolute Gasteiger partial charge is 0.308 e. The minimum Gasteiger partial charge on any atom is -0.496 e. The average molecular weight is 383 g/mol. The third kappa shape index (κ3) is 4.02. The van der Waals surface area contributed by atoms with Crippen molar-refractivity contribution in [3.63, 3.8) is 0 Å². The zero-order valence-electron chi connectivity index (χ0n) is 16.6. The molecule has 1 aliphatic heterocycles. The molecule has 0 radical (unpaired) electrons. The predicted molar refractivity (Wildman–Crippen MR) is 106 cm³/mol. The van der Waals surface area contributed by atoms with Gasteiger partial charge < -0.3 is 19.5 Å². The Kier molecular flexibility index (Phi) is 5.99. The van der Waals surface area contributed by atoms with Gasteiger partial charge in [0.2, 0.25) is 0 Å². The van der Waals surface area contributed by atoms with Gasteiger partial charge in [0.1, 0.15) is 18.0 Å². The molecule has 0 saturated heterocycles. The summed E-state index contributed by atoms with van der Waals surface area (Å²) in [5.74, 6) is -0.0899. The van der Waals surface area contributed by atoms with Gasteiger partial charge in [-0.05, 0) is 44.0 Å². The molecule has 1 aliphatic rings. The highest BCUT2D eigenvalue weighted by atomic mass is 16.5. The van der Waals surface area contributed by atoms with Crippen LogP contribution in [0.5, 0.6) is 5.75 Å². The van der Waals surface area contributed by atoms with Crippen LogP contribution in [0, 0.1) is 13.8 Å². The first-order valence-corrected chi connectivity index (χ1v) is 9.30. The molecule has 6 nitrogen and oxygen atoms in total. The predicted octanol–water partition coefficient (Wildman–Crippen LogP) is 3.69. The van der Waals surface area contributed by atoms with Crippen molar-refractivity contribution in [3.8, 4) is 5.75 Å². The van der Waals surface area contributed by atoms with Crippen molar-refractivity contribution in [1.82, 2.24) is 0 Å². The summed E-state index contributed by atoms with van der Waals surface area (Å²) in [5.41, 5.74) is 4.37. The van der Waals surface area contributed by atoms with Gasteiger partial charge >= 0.3 is 5.97 Å². The Morgan fingerprint density at radius 1 is 1.18 bits per heavy atom. The lowest BCUT2D eigenvalue weighted by Crippen LogP contribution is -2.32. The van der Waals surface area contributed by atoms with Crippen molar-refractivity contribution in [2.45, 2.75) is 39.4 Å². The molecule has 0 aliphatic carbocycles. The summed E-state index contributed by atoms with van der Waals surface area (Å²) in [7, 11) is 1.62. The lowest BCUT2D eigenvalue weighted by Gasteiger charge is -2.24. The van der Waals surface area contributed by atoms with Gasteiger partial charge in [-0.1, -0.05) is 29.8 Å². The molecule has 3 rings (SSSR count). The number of esters is 1. The molecule has 2 unspecified atom stereocenters. The number of amides is 1. The number of anilines is 1. The van der Waals surface area contributed by atoms with E-state index in [9.17, 15) is 9.59 Å². The normalized spacial score (nSPS) is 18.6. The van der Waals surface area contributed by atoms with Crippen LogP contribution in [-0.2, 0) is 19.1 Å². The van der Waals surface area contributed by atoms with Crippen molar-refractivity contribution in [3.05, 3.63) is 58.7 Å². The number of hydrogen-bond donors (Lipinski definition) is 1. The van der Waals surface area contributed by atoms with Crippen LogP contribution in [0.15, 0.2) is 36.4 Å². The molecule has 0 fully saturated rings. The SMILES string of the molecule is CCOC(=O)CC1OC(c2cccc(OC)c2C)c2cc(C)ccc2NC1=O. The lowest BCUT2D eigenvalue weighted by molar-refractivity contribution is -0.150. The summed E-state index contributed by atoms with van der Waals surface area (Å²) >= 11 is 0. The van der Waals surface area contributed by atoms with E-state index in [0.717, 1.165) is 28.0 Å². The van der Waals surface area contributed by atoms with E-state index in [1.807, 2.05) is 50.2 Å². The first-order valence-electron chi connectivity index (χ1n) is 9.30. The second-order valence-corrected chi connectivity index (χ2v) is 6.77. The quantitative estimate of drug-likeness (QED) is 0.797. The number of ether oxygens (including phenoxy) is 3. The number of nitrogens with one attached hydrogen (secondary N) is 1. The van der Waals surface area contributed by atoms with Crippen LogP contribution in [0.3, 0.4) is 0 Å². The van der Waals surface area contributed by atoms with Gasteiger partial charge in [0.05, 0.1) is 20.1 Å². The number of benzene rings is 2. The summed E-state index contributed by atoms with van der Waals surface area (Å²) in [5, 5.41) is 2.89. The minimum atomic E-state index is -0.956. The maximum atomic E-state index is 12.7. The molecule has 1 amide bonds. The van der Waals surface area contributed by atoms with Gasteiger partial charge in [0, 0.05) is 11.3 Å². The summed E-state index contributed by atoms with van der Waals surface area (Å²) < 4.78 is 16.7. The van der Waals surface area contributed by atoms with Crippen molar-refractivity contribution >= 4 is 17.6 Å². The Hall–Kier alpha value is -2.86. The number of fused-ring (bicyclic) bond motifs is 1. The van der Waals surface area contributed by atoms with Crippen LogP contribution < -0.4 is 10.1 Å². The summed E-state index contributed by atoms with van der Waals surface area (Å²) in [4.78, 5) is 24.7. The van der Waals surface area contributed by atoms with Crippen molar-refractivity contribution in [2.24, 2.45) is 0 Å². The molecule has 1 heterocycles. The number of carbonyl (C=O) groups is 2. The second kappa shape index (κ2) is 8.44. The average Bonchev–Trinajstić information content (AvgIpc) is 2.79. The van der Waals surface area contributed by atoms with E-state index in [1.165, 1.54) is 0 Å². The van der Waals surface area contributed by atoms with Crippen LogP contribution >= 0.6 is 0 Å². The molecule has 0 saturated carbocycles. The highest BCUT2D eigenvalue weighted by Gasteiger charge is 2.34. The Labute approximate surface area is 164 Å². The van der Waals surface area contributed by atoms with E-state index >= 15 is 0 Å². The Morgan fingerprint density at radius 3 is 2.68 bits per heavy atom. The van der Waals surface area contributed by atoms with Crippen LogP contribution in [0.2, 0.25) is 0 Å². The zero-order chi connectivity index (χ0) is 20.3. The van der Waals surface area contributed by atoms with E-state index in [4.69, 9.17) is 14.2 Å². The summed E-state index contributed by atoms with van der Waals surface area (Å²) in [6, 6.07) is 11.5. The highest BCUT2D eigenvalue weighted by Crippen LogP contribution is 2.39. The minimum absolute atomic E-state index is 0.147. The molecule has 0 spiro atoms. The molecule has 1 N–H and O–H groups in total. The van der Waals surface area contributed by atoms with Gasteiger partial charge in [-0.3, -0.25) is 9.59 Å². The number of carbonyl (C=O) groups excluding carboxylic acids is 2. The van der Waals surface area contributed by atoms with Crippen molar-refractivity contribution < 1.29 is 23.8 Å². The van der Waals surface area contributed by atoms with Crippen molar-refractivity contribution in [2.75, 3.05) is 19.0 Å². The van der Waals surface area contributed by atoms with Crippen LogP contribution in [0.4, 0.5) is 5.69 Å². The zero-order valence-corrected chi connectivity index (χ0v) is 16.6. The molecule has 2 aromatic rings. The third-order valence-corrected chi connectivity index (χ3v) is 4.83. The Morgan fingerprint density at radius 2 is 1.96 bits per heavy atom. The van der Waals surface area contributed by atoms with Crippen LogP contribution in [0.25, 0.3) is 0 Å². The van der Waals surface area contributed by atoms with E-state index in [0.29, 0.717) is 5.69 Å². The molecule has 2 aromatic carbocycles. The number of rotatable bonds is 5. The number of aryl methyl sites for hydroxylation is 1. The molecular weight excluding hydrogens is 358 g/mol. The van der Waals surface area contributed by atoms with E-state index in [1.54, 1.807) is 14.0 Å². The highest BCUT2D eigenvalue weighted by molar-refractivity contribution is 5.97. The van der Waals surface area contributed by atoms with Gasteiger partial charge in [0.15, 0.2) is 0 Å². The maximum Gasteiger partial charge on any atom is 0.308 e. The lowest BCUT2D eigenvalue weighted by atomic mass is 9.94. The van der Waals surface area contributed by atoms with E-state index in [2.05, 4.69) is 5.32 Å². The van der Waals surface area contributed by atoms with Gasteiger partial charge in [-0.15, -0.1) is 0 Å². The standard InChI is InChI=1S/C22H25NO5/c1-5-27-20(24)12-19-22(25)23-17-10-9-13(2)11-16(17)21(28-19)15-7-6-8-18(26-4)14(15)3/h6-11,19,21H,5,12H2,1-4H3,(H,23,25). The topological polar surface area (TPSA) is 73.9 Å². The molecule has 2 atom stereocenters. The molecule has 6 heteroatoms. The van der Waals surface area contributed by atoms with Gasteiger partial charge in [-0.25, -0.2) is 0 Å². The largest absolute Gasteiger partial charge is 0.496 e. The molecular formula is C22H25NO5. The fourth-order valence-corrected chi connectivity index (χ4v) is 3.42. The van der Waals surface area contributed by atoms with Crippen molar-refractivity contribution in [1.29, 1.82) is 0 Å². The maximum absolute atomic E-state index is 12.7. The van der Waals surface area contributed by atoms with Crippen LogP contribution in [-0.4, -0.2) is 31.7 Å². The van der Waals surface area contributed by atoms with E-state index < -0.39 is 18.2 Å². The van der Waals surface area contributed by atoms with Gasteiger partial charge in [-0.2, -0.15) is 0 Å². The number of hydrogen-bond acceptors (Lipinski definition) is 5. The summed E-state index contributed by atoms with van der Waals surface area (Å²) in [6.45, 7) is 5.92. The molecule has 0 aromatic heterocycles. The number of methoxy groups -OCH3 is 1. The molecule has 148 valence electrons. The Balaban J connectivity index is 2.08. The fraction of sp³-hybridized carbons (Fsp3) is 0.364. The van der Waals surface area contributed by atoms with Gasteiger partial charge in [0.25, 0.3) is 5.91 Å². The first-order chi connectivity index (χ1) is 13.4. The summed E-state index contributed by atoms with van der Waals surface area (Å²) in [6.07, 6.45) is -1.63. The second-order valence-electron chi connectivity index (χ2n) is 6.77. The first kappa shape index (κ1) is 19.9. The molecule has 0 bridgehead atoms. The van der Waals surface area contributed by atoms with Crippen LogP contribution in [0.1, 0.15) is 41.7 Å². The monoisotopic (exact) mass is 383 g/mol. The Bertz CT molecular complexity index is 892.